The number of fused-ring (bicyclic) bond motifs is 1. The summed E-state index contributed by atoms with van der Waals surface area (Å²) < 4.78 is 0. The van der Waals surface area contributed by atoms with Crippen molar-refractivity contribution < 1.29 is 0 Å². The molecule has 1 nitrogen and oxygen atoms in total. The molecule has 0 saturated carbocycles. The Morgan fingerprint density at radius 2 is 2.13 bits per heavy atom. The summed E-state index contributed by atoms with van der Waals surface area (Å²) in [5, 5.41) is 0.0427. The molecule has 1 aliphatic heterocycles. The van der Waals surface area contributed by atoms with Crippen molar-refractivity contribution in [1.82, 2.24) is 0 Å². The number of hydrogen-bond acceptors (Lipinski definition) is 1. The van der Waals surface area contributed by atoms with Gasteiger partial charge in [0.25, 0.3) is 0 Å². The quantitative estimate of drug-likeness (QED) is 0.648. The molecule has 0 saturated heterocycles. The van der Waals surface area contributed by atoms with Gasteiger partial charge in [-0.25, -0.2) is 0 Å². The van der Waals surface area contributed by atoms with Crippen LogP contribution >= 0.6 is 11.6 Å². The Labute approximate surface area is 96.4 Å². The number of anilines is 1. The average molecular weight is 222 g/mol. The molecule has 0 radical (unpaired) electrons. The van der Waals surface area contributed by atoms with Crippen LogP contribution in [0.5, 0.6) is 0 Å². The first-order chi connectivity index (χ1) is 7.13. The number of aryl methyl sites for hydroxylation is 1. The second-order valence-corrected chi connectivity index (χ2v) is 4.53. The fourth-order valence-corrected chi connectivity index (χ4v) is 2.44. The van der Waals surface area contributed by atoms with Crippen LogP contribution in [0.1, 0.15) is 29.8 Å². The molecule has 0 spiro atoms. The highest BCUT2D eigenvalue weighted by Gasteiger charge is 2.22. The fourth-order valence-electron chi connectivity index (χ4n) is 2.05. The van der Waals surface area contributed by atoms with Crippen LogP contribution in [0.15, 0.2) is 30.0 Å². The van der Waals surface area contributed by atoms with Crippen LogP contribution in [-0.4, -0.2) is 7.05 Å². The van der Waals surface area contributed by atoms with Crippen LogP contribution < -0.4 is 4.90 Å². The Morgan fingerprint density at radius 3 is 2.80 bits per heavy atom. The van der Waals surface area contributed by atoms with Gasteiger partial charge in [-0.1, -0.05) is 24.6 Å². The van der Waals surface area contributed by atoms with E-state index in [1.165, 1.54) is 22.4 Å². The van der Waals surface area contributed by atoms with Gasteiger partial charge < -0.3 is 4.90 Å². The highest BCUT2D eigenvalue weighted by molar-refractivity contribution is 6.23. The molecule has 1 aromatic carbocycles. The van der Waals surface area contributed by atoms with Crippen molar-refractivity contribution in [1.29, 1.82) is 0 Å². The van der Waals surface area contributed by atoms with Gasteiger partial charge in [-0.2, -0.15) is 0 Å². The van der Waals surface area contributed by atoms with Gasteiger partial charge in [0.15, 0.2) is 0 Å². The summed E-state index contributed by atoms with van der Waals surface area (Å²) in [6.45, 7) is 4.25. The number of hydrogen-bond donors (Lipinski definition) is 0. The molecule has 0 bridgehead atoms. The molecule has 2 heteroatoms. The zero-order valence-electron chi connectivity index (χ0n) is 9.42. The first-order valence-electron chi connectivity index (χ1n) is 5.31. The van der Waals surface area contributed by atoms with Gasteiger partial charge in [0, 0.05) is 18.9 Å². The first-order valence-corrected chi connectivity index (χ1v) is 5.75. The third kappa shape index (κ3) is 1.76. The number of halogens is 1. The van der Waals surface area contributed by atoms with Gasteiger partial charge in [0.05, 0.1) is 5.38 Å². The van der Waals surface area contributed by atoms with E-state index in [9.17, 15) is 0 Å². The molecule has 1 atom stereocenters. The van der Waals surface area contributed by atoms with E-state index in [1.54, 1.807) is 0 Å². The van der Waals surface area contributed by atoms with Crippen molar-refractivity contribution in [2.75, 3.05) is 11.9 Å². The maximum absolute atomic E-state index is 6.46. The Balaban J connectivity index is 2.52. The topological polar surface area (TPSA) is 3.24 Å². The third-order valence-corrected chi connectivity index (χ3v) is 3.44. The first kappa shape index (κ1) is 10.6. The lowest BCUT2D eigenvalue weighted by atomic mass is 9.96. The zero-order chi connectivity index (χ0) is 11.0. The van der Waals surface area contributed by atoms with Crippen molar-refractivity contribution in [3.05, 3.63) is 41.1 Å². The lowest BCUT2D eigenvalue weighted by Gasteiger charge is -2.29. The summed E-state index contributed by atoms with van der Waals surface area (Å²) in [4.78, 5) is 2.16. The molecule has 0 amide bonds. The molecular formula is C13H16ClN. The van der Waals surface area contributed by atoms with Gasteiger partial charge in [-0.05, 0) is 30.5 Å². The molecule has 1 aliphatic rings. The van der Waals surface area contributed by atoms with Crippen LogP contribution in [-0.2, 0) is 0 Å². The minimum absolute atomic E-state index is 0.0427. The van der Waals surface area contributed by atoms with E-state index in [4.69, 9.17) is 11.6 Å². The van der Waals surface area contributed by atoms with Crippen molar-refractivity contribution in [2.45, 2.75) is 25.6 Å². The lowest BCUT2D eigenvalue weighted by molar-refractivity contribution is 0.918. The SMILES string of the molecule is CCC1=CN(C)c2ccc(C)cc2C1Cl. The smallest absolute Gasteiger partial charge is 0.0832 e. The third-order valence-electron chi connectivity index (χ3n) is 2.93. The van der Waals surface area contributed by atoms with Gasteiger partial charge in [-0.3, -0.25) is 0 Å². The fraction of sp³-hybridized carbons (Fsp3) is 0.385. The molecule has 1 aromatic rings. The molecule has 1 heterocycles. The number of benzene rings is 1. The summed E-state index contributed by atoms with van der Waals surface area (Å²) in [6, 6.07) is 6.46. The largest absolute Gasteiger partial charge is 0.351 e. The van der Waals surface area contributed by atoms with E-state index >= 15 is 0 Å². The van der Waals surface area contributed by atoms with Gasteiger partial charge in [0.1, 0.15) is 0 Å². The van der Waals surface area contributed by atoms with Crippen molar-refractivity contribution in [3.63, 3.8) is 0 Å². The molecule has 0 fully saturated rings. The molecule has 15 heavy (non-hydrogen) atoms. The molecule has 80 valence electrons. The minimum Gasteiger partial charge on any atom is -0.351 e. The summed E-state index contributed by atoms with van der Waals surface area (Å²) in [7, 11) is 2.08. The average Bonchev–Trinajstić information content (AvgIpc) is 2.23. The van der Waals surface area contributed by atoms with Crippen LogP contribution in [0.3, 0.4) is 0 Å². The number of alkyl halides is 1. The van der Waals surface area contributed by atoms with E-state index in [0.29, 0.717) is 0 Å². The predicted molar refractivity (Wildman–Crippen MR) is 66.6 cm³/mol. The van der Waals surface area contributed by atoms with Crippen LogP contribution in [0, 0.1) is 6.92 Å². The molecule has 0 aromatic heterocycles. The van der Waals surface area contributed by atoms with Gasteiger partial charge >= 0.3 is 0 Å². The summed E-state index contributed by atoms with van der Waals surface area (Å²) in [6.07, 6.45) is 3.15. The second kappa shape index (κ2) is 3.90. The lowest BCUT2D eigenvalue weighted by Crippen LogP contribution is -2.18. The zero-order valence-corrected chi connectivity index (χ0v) is 10.2. The monoisotopic (exact) mass is 221 g/mol. The number of rotatable bonds is 1. The van der Waals surface area contributed by atoms with Crippen molar-refractivity contribution >= 4 is 17.3 Å². The summed E-state index contributed by atoms with van der Waals surface area (Å²) in [5.41, 5.74) is 5.01. The predicted octanol–water partition coefficient (Wildman–Crippen LogP) is 4.02. The highest BCUT2D eigenvalue weighted by Crippen LogP contribution is 2.41. The van der Waals surface area contributed by atoms with Crippen LogP contribution in [0.2, 0.25) is 0 Å². The molecule has 0 aliphatic carbocycles. The Morgan fingerprint density at radius 1 is 1.40 bits per heavy atom. The summed E-state index contributed by atoms with van der Waals surface area (Å²) in [5.74, 6) is 0. The number of nitrogens with zero attached hydrogens (tertiary/aromatic N) is 1. The molecular weight excluding hydrogens is 206 g/mol. The van der Waals surface area contributed by atoms with E-state index in [0.717, 1.165) is 6.42 Å². The number of allylic oxidation sites excluding steroid dienone is 1. The van der Waals surface area contributed by atoms with Gasteiger partial charge in [-0.15, -0.1) is 11.6 Å². The van der Waals surface area contributed by atoms with Gasteiger partial charge in [0.2, 0.25) is 0 Å². The van der Waals surface area contributed by atoms with Crippen LogP contribution in [0.4, 0.5) is 5.69 Å². The normalized spacial score (nSPS) is 19.9. The van der Waals surface area contributed by atoms with E-state index in [-0.39, 0.29) is 5.38 Å². The maximum atomic E-state index is 6.46. The molecule has 0 N–H and O–H groups in total. The minimum atomic E-state index is 0.0427. The Kier molecular flexibility index (Phi) is 2.74. The molecule has 2 rings (SSSR count). The van der Waals surface area contributed by atoms with E-state index < -0.39 is 0 Å². The maximum Gasteiger partial charge on any atom is 0.0832 e. The van der Waals surface area contributed by atoms with Crippen molar-refractivity contribution in [3.8, 4) is 0 Å². The standard InChI is InChI=1S/C13H16ClN/c1-4-10-8-15(3)12-6-5-9(2)7-11(12)13(10)14/h5-8,13H,4H2,1-3H3. The highest BCUT2D eigenvalue weighted by atomic mass is 35.5. The molecule has 1 unspecified atom stereocenters. The van der Waals surface area contributed by atoms with E-state index in [1.807, 2.05) is 0 Å². The second-order valence-electron chi connectivity index (χ2n) is 4.09. The Bertz CT molecular complexity index is 409. The van der Waals surface area contributed by atoms with Crippen molar-refractivity contribution in [2.24, 2.45) is 0 Å². The summed E-state index contributed by atoms with van der Waals surface area (Å²) >= 11 is 6.46. The Hall–Kier alpha value is -0.950. The van der Waals surface area contributed by atoms with E-state index in [2.05, 4.69) is 50.2 Å². The van der Waals surface area contributed by atoms with Crippen LogP contribution in [0.25, 0.3) is 0 Å².